The molecule has 0 fully saturated rings. The maximum absolute atomic E-state index is 5.17. The first-order valence-corrected chi connectivity index (χ1v) is 18.5. The molecule has 2 aromatic heterocycles. The summed E-state index contributed by atoms with van der Waals surface area (Å²) >= 11 is 0. The molecule has 0 saturated carbocycles. The van der Waals surface area contributed by atoms with Crippen molar-refractivity contribution in [2.24, 2.45) is 0 Å². The van der Waals surface area contributed by atoms with Gasteiger partial charge in [-0.15, -0.1) is 0 Å². The highest BCUT2D eigenvalue weighted by Gasteiger charge is 2.23. The van der Waals surface area contributed by atoms with Crippen molar-refractivity contribution in [1.29, 1.82) is 0 Å². The molecule has 10 rings (SSSR count). The molecule has 0 atom stereocenters. The average Bonchev–Trinajstić information content (AvgIpc) is 3.61. The van der Waals surface area contributed by atoms with Gasteiger partial charge < -0.3 is 4.57 Å². The van der Waals surface area contributed by atoms with Crippen molar-refractivity contribution in [2.45, 2.75) is 0 Å². The first kappa shape index (κ1) is 32.2. The third-order valence-corrected chi connectivity index (χ3v) is 10.3. The summed E-state index contributed by atoms with van der Waals surface area (Å²) in [7, 11) is 0. The van der Waals surface area contributed by atoms with Crippen LogP contribution < -0.4 is 0 Å². The number of hydrogen-bond acceptors (Lipinski definition) is 3. The van der Waals surface area contributed by atoms with E-state index in [0.29, 0.717) is 17.5 Å². The van der Waals surface area contributed by atoms with Crippen LogP contribution in [-0.2, 0) is 0 Å². The molecule has 0 aliphatic rings. The highest BCUT2D eigenvalue weighted by molar-refractivity contribution is 6.18. The molecule has 0 unspecified atom stereocenters. The normalized spacial score (nSPS) is 11.3. The van der Waals surface area contributed by atoms with Crippen LogP contribution >= 0.6 is 0 Å². The minimum Gasteiger partial charge on any atom is -0.308 e. The lowest BCUT2D eigenvalue weighted by Gasteiger charge is -2.16. The zero-order valence-corrected chi connectivity index (χ0v) is 29.9. The van der Waals surface area contributed by atoms with Crippen LogP contribution in [0.15, 0.2) is 206 Å². The molecule has 10 aromatic rings. The molecular formula is C51H34N4. The molecule has 0 amide bonds. The van der Waals surface area contributed by atoms with Crippen LogP contribution in [0.25, 0.3) is 95.0 Å². The van der Waals surface area contributed by atoms with Crippen molar-refractivity contribution in [3.8, 4) is 73.2 Å². The topological polar surface area (TPSA) is 43.6 Å². The summed E-state index contributed by atoms with van der Waals surface area (Å²) in [5, 5.41) is 2.37. The van der Waals surface area contributed by atoms with Gasteiger partial charge in [-0.25, -0.2) is 15.0 Å². The highest BCUT2D eigenvalue weighted by atomic mass is 15.1. The van der Waals surface area contributed by atoms with E-state index in [4.69, 9.17) is 15.0 Å². The summed E-state index contributed by atoms with van der Waals surface area (Å²) in [6, 6.07) is 72.3. The predicted molar refractivity (Wildman–Crippen MR) is 227 cm³/mol. The summed E-state index contributed by atoms with van der Waals surface area (Å²) in [6.07, 6.45) is 0. The maximum Gasteiger partial charge on any atom is 0.166 e. The fraction of sp³-hybridized carbons (Fsp3) is 0. The Morgan fingerprint density at radius 2 is 0.764 bits per heavy atom. The summed E-state index contributed by atoms with van der Waals surface area (Å²) < 4.78 is 2.40. The maximum atomic E-state index is 5.17. The number of rotatable bonds is 7. The van der Waals surface area contributed by atoms with Gasteiger partial charge in [0.15, 0.2) is 17.5 Å². The van der Waals surface area contributed by atoms with Gasteiger partial charge in [0.25, 0.3) is 0 Å². The molecule has 258 valence electrons. The smallest absolute Gasteiger partial charge is 0.166 e. The zero-order valence-electron chi connectivity index (χ0n) is 29.9. The van der Waals surface area contributed by atoms with Gasteiger partial charge in [-0.05, 0) is 63.7 Å². The fourth-order valence-electron chi connectivity index (χ4n) is 7.74. The molecular weight excluding hydrogens is 669 g/mol. The largest absolute Gasteiger partial charge is 0.308 e. The molecule has 0 aliphatic carbocycles. The molecule has 4 heteroatoms. The van der Waals surface area contributed by atoms with Gasteiger partial charge >= 0.3 is 0 Å². The minimum absolute atomic E-state index is 0.614. The molecule has 4 nitrogen and oxygen atoms in total. The molecule has 0 N–H and O–H groups in total. The van der Waals surface area contributed by atoms with Crippen molar-refractivity contribution < 1.29 is 0 Å². The van der Waals surface area contributed by atoms with Crippen LogP contribution in [0.5, 0.6) is 0 Å². The van der Waals surface area contributed by atoms with E-state index in [-0.39, 0.29) is 0 Å². The van der Waals surface area contributed by atoms with E-state index < -0.39 is 0 Å². The molecule has 0 aliphatic heterocycles. The Morgan fingerprint density at radius 3 is 1.40 bits per heavy atom. The molecule has 8 aromatic carbocycles. The summed E-state index contributed by atoms with van der Waals surface area (Å²) in [6.45, 7) is 0. The lowest BCUT2D eigenvalue weighted by atomic mass is 9.89. The molecule has 0 radical (unpaired) electrons. The Labute approximate surface area is 319 Å². The van der Waals surface area contributed by atoms with Crippen LogP contribution in [0.1, 0.15) is 0 Å². The Hall–Kier alpha value is -7.43. The molecule has 0 bridgehead atoms. The number of fused-ring (bicyclic) bond motifs is 3. The Balaban J connectivity index is 1.29. The quantitative estimate of drug-likeness (QED) is 0.166. The predicted octanol–water partition coefficient (Wildman–Crippen LogP) is 13.0. The second-order valence-electron chi connectivity index (χ2n) is 13.6. The number of para-hydroxylation sites is 2. The minimum atomic E-state index is 0.614. The van der Waals surface area contributed by atoms with Gasteiger partial charge in [0.1, 0.15) is 0 Å². The SMILES string of the molecule is c1ccc(-c2cc(-c3ccccc3-c3ccccc3)c3c4ccccc4n(-c4ccccc4-c4nc(-c5ccccc5)nc(-c5ccccc5)n4)c3c2)cc1. The van der Waals surface area contributed by atoms with Crippen molar-refractivity contribution in [1.82, 2.24) is 19.5 Å². The second kappa shape index (κ2) is 13.8. The highest BCUT2D eigenvalue weighted by Crippen LogP contribution is 2.45. The molecule has 2 heterocycles. The van der Waals surface area contributed by atoms with Gasteiger partial charge in [-0.1, -0.05) is 176 Å². The third-order valence-electron chi connectivity index (χ3n) is 10.3. The van der Waals surface area contributed by atoms with Crippen LogP contribution in [0, 0.1) is 0 Å². The monoisotopic (exact) mass is 702 g/mol. The van der Waals surface area contributed by atoms with Crippen LogP contribution in [0.4, 0.5) is 0 Å². The van der Waals surface area contributed by atoms with E-state index in [1.165, 1.54) is 33.0 Å². The second-order valence-corrected chi connectivity index (χ2v) is 13.6. The van der Waals surface area contributed by atoms with Gasteiger partial charge in [-0.3, -0.25) is 0 Å². The van der Waals surface area contributed by atoms with E-state index in [0.717, 1.165) is 44.5 Å². The Morgan fingerprint density at radius 1 is 0.291 bits per heavy atom. The van der Waals surface area contributed by atoms with Gasteiger partial charge in [-0.2, -0.15) is 0 Å². The Bertz CT molecular complexity index is 2900. The van der Waals surface area contributed by atoms with E-state index >= 15 is 0 Å². The first-order chi connectivity index (χ1) is 27.3. The number of aromatic nitrogens is 4. The molecule has 55 heavy (non-hydrogen) atoms. The zero-order chi connectivity index (χ0) is 36.6. The third kappa shape index (κ3) is 5.87. The van der Waals surface area contributed by atoms with Gasteiger partial charge in [0.05, 0.1) is 16.7 Å². The number of benzene rings is 8. The summed E-state index contributed by atoms with van der Waals surface area (Å²) in [4.78, 5) is 15.3. The fourth-order valence-corrected chi connectivity index (χ4v) is 7.74. The van der Waals surface area contributed by atoms with Crippen molar-refractivity contribution >= 4 is 21.8 Å². The van der Waals surface area contributed by atoms with E-state index in [2.05, 4.69) is 150 Å². The number of nitrogens with zero attached hydrogens (tertiary/aromatic N) is 4. The standard InChI is InChI=1S/C51H34N4/c1-5-19-35(20-6-1)39-33-44(41-28-14-13-27-40(41)36-21-7-2-8-22-36)48-42-29-15-17-31-45(42)55(47(48)34-39)46-32-18-16-30-43(46)51-53-49(37-23-9-3-10-24-37)52-50(54-51)38-25-11-4-12-26-38/h1-34H. The van der Waals surface area contributed by atoms with Gasteiger partial charge in [0.2, 0.25) is 0 Å². The lowest BCUT2D eigenvalue weighted by molar-refractivity contribution is 1.06. The van der Waals surface area contributed by atoms with Crippen LogP contribution in [0.3, 0.4) is 0 Å². The van der Waals surface area contributed by atoms with Crippen molar-refractivity contribution in [2.75, 3.05) is 0 Å². The molecule has 0 saturated heterocycles. The van der Waals surface area contributed by atoms with Crippen LogP contribution in [0.2, 0.25) is 0 Å². The number of hydrogen-bond donors (Lipinski definition) is 0. The molecule has 0 spiro atoms. The van der Waals surface area contributed by atoms with Crippen molar-refractivity contribution in [3.05, 3.63) is 206 Å². The van der Waals surface area contributed by atoms with E-state index in [1.54, 1.807) is 0 Å². The first-order valence-electron chi connectivity index (χ1n) is 18.5. The summed E-state index contributed by atoms with van der Waals surface area (Å²) in [5.74, 6) is 1.88. The van der Waals surface area contributed by atoms with E-state index in [9.17, 15) is 0 Å². The van der Waals surface area contributed by atoms with Crippen LogP contribution in [-0.4, -0.2) is 19.5 Å². The summed E-state index contributed by atoms with van der Waals surface area (Å²) in [5.41, 5.74) is 13.0. The van der Waals surface area contributed by atoms with E-state index in [1.807, 2.05) is 60.7 Å². The average molecular weight is 703 g/mol. The Kier molecular flexibility index (Phi) is 8.12. The van der Waals surface area contributed by atoms with Crippen molar-refractivity contribution in [3.63, 3.8) is 0 Å². The lowest BCUT2D eigenvalue weighted by Crippen LogP contribution is -2.03. The van der Waals surface area contributed by atoms with Gasteiger partial charge in [0, 0.05) is 27.5 Å².